The highest BCUT2D eigenvalue weighted by atomic mass is 16.5. The number of aromatic nitrogens is 1. The van der Waals surface area contributed by atoms with Crippen molar-refractivity contribution in [1.29, 1.82) is 0 Å². The van der Waals surface area contributed by atoms with Crippen molar-refractivity contribution >= 4 is 16.7 Å². The van der Waals surface area contributed by atoms with Crippen molar-refractivity contribution in [1.82, 2.24) is 4.98 Å². The molecular formula is C13H13NO2. The molecule has 1 aliphatic rings. The van der Waals surface area contributed by atoms with Gasteiger partial charge in [0.05, 0.1) is 0 Å². The number of nitrogens with one attached hydrogen (secondary N) is 1. The van der Waals surface area contributed by atoms with Gasteiger partial charge in [-0.3, -0.25) is 4.79 Å². The van der Waals surface area contributed by atoms with Crippen LogP contribution in [0.1, 0.15) is 29.8 Å². The zero-order valence-corrected chi connectivity index (χ0v) is 9.33. The summed E-state index contributed by atoms with van der Waals surface area (Å²) in [6, 6.07) is 4.06. The maximum atomic E-state index is 11.4. The molecule has 3 rings (SSSR count). The van der Waals surface area contributed by atoms with E-state index in [9.17, 15) is 4.79 Å². The molecule has 0 saturated heterocycles. The summed E-state index contributed by atoms with van der Waals surface area (Å²) in [6.45, 7) is 3.64. The van der Waals surface area contributed by atoms with Crippen LogP contribution in [0.3, 0.4) is 0 Å². The summed E-state index contributed by atoms with van der Waals surface area (Å²) in [7, 11) is 0. The lowest BCUT2D eigenvalue weighted by atomic mass is 10.1. The van der Waals surface area contributed by atoms with Crippen LogP contribution in [0.15, 0.2) is 18.3 Å². The molecule has 0 fully saturated rings. The summed E-state index contributed by atoms with van der Waals surface area (Å²) in [6.07, 6.45) is 2.95. The third-order valence-corrected chi connectivity index (χ3v) is 3.08. The van der Waals surface area contributed by atoms with Gasteiger partial charge in [0.1, 0.15) is 11.9 Å². The van der Waals surface area contributed by atoms with E-state index in [2.05, 4.69) is 18.0 Å². The molecule has 0 amide bonds. The smallest absolute Gasteiger partial charge is 0.161 e. The van der Waals surface area contributed by atoms with Gasteiger partial charge in [-0.1, -0.05) is 0 Å². The topological polar surface area (TPSA) is 42.1 Å². The van der Waals surface area contributed by atoms with E-state index < -0.39 is 0 Å². The Hall–Kier alpha value is -1.77. The van der Waals surface area contributed by atoms with E-state index in [0.29, 0.717) is 0 Å². The van der Waals surface area contributed by atoms with Gasteiger partial charge >= 0.3 is 0 Å². The SMILES string of the molecule is CC(=O)c1c[nH]c2cc3c(cc12)OC(C)C3. The van der Waals surface area contributed by atoms with E-state index in [-0.39, 0.29) is 11.9 Å². The van der Waals surface area contributed by atoms with E-state index in [1.165, 1.54) is 5.56 Å². The fourth-order valence-electron chi connectivity index (χ4n) is 2.32. The average Bonchev–Trinajstić information content (AvgIpc) is 2.74. The Bertz CT molecular complexity index is 583. The molecule has 16 heavy (non-hydrogen) atoms. The molecule has 0 spiro atoms. The Morgan fingerprint density at radius 2 is 2.31 bits per heavy atom. The van der Waals surface area contributed by atoms with Gasteiger partial charge in [-0.2, -0.15) is 0 Å². The predicted octanol–water partition coefficient (Wildman–Crippen LogP) is 2.69. The lowest BCUT2D eigenvalue weighted by Crippen LogP contribution is -2.05. The highest BCUT2D eigenvalue weighted by Gasteiger charge is 2.21. The standard InChI is InChI=1S/C13H13NO2/c1-7-3-9-4-12-10(5-13(9)16-7)11(6-14-12)8(2)15/h4-7,14H,3H2,1-2H3. The summed E-state index contributed by atoms with van der Waals surface area (Å²) < 4.78 is 5.69. The number of fused-ring (bicyclic) bond motifs is 2. The summed E-state index contributed by atoms with van der Waals surface area (Å²) in [5, 5.41) is 0.959. The summed E-state index contributed by atoms with van der Waals surface area (Å²) in [5.41, 5.74) is 2.97. The maximum Gasteiger partial charge on any atom is 0.161 e. The number of H-pyrrole nitrogens is 1. The van der Waals surface area contributed by atoms with Crippen LogP contribution < -0.4 is 4.74 Å². The monoisotopic (exact) mass is 215 g/mol. The number of ketones is 1. The van der Waals surface area contributed by atoms with E-state index in [0.717, 1.165) is 28.6 Å². The van der Waals surface area contributed by atoms with Gasteiger partial charge in [-0.25, -0.2) is 0 Å². The zero-order chi connectivity index (χ0) is 11.3. The van der Waals surface area contributed by atoms with Gasteiger partial charge < -0.3 is 9.72 Å². The molecule has 0 bridgehead atoms. The molecule has 3 nitrogen and oxygen atoms in total. The number of hydrogen-bond donors (Lipinski definition) is 1. The fourth-order valence-corrected chi connectivity index (χ4v) is 2.32. The second-order valence-electron chi connectivity index (χ2n) is 4.40. The lowest BCUT2D eigenvalue weighted by Gasteiger charge is -2.02. The van der Waals surface area contributed by atoms with Gasteiger partial charge in [0.15, 0.2) is 5.78 Å². The Morgan fingerprint density at radius 1 is 1.50 bits per heavy atom. The van der Waals surface area contributed by atoms with Crippen molar-refractivity contribution in [3.05, 3.63) is 29.5 Å². The molecule has 2 aromatic rings. The highest BCUT2D eigenvalue weighted by molar-refractivity contribution is 6.07. The largest absolute Gasteiger partial charge is 0.490 e. The third kappa shape index (κ3) is 1.24. The van der Waals surface area contributed by atoms with Crippen LogP contribution in [0.5, 0.6) is 5.75 Å². The maximum absolute atomic E-state index is 11.4. The Kier molecular flexibility index (Phi) is 1.84. The molecule has 3 heteroatoms. The minimum Gasteiger partial charge on any atom is -0.490 e. The van der Waals surface area contributed by atoms with Gasteiger partial charge in [-0.05, 0) is 31.5 Å². The highest BCUT2D eigenvalue weighted by Crippen LogP contribution is 2.34. The van der Waals surface area contributed by atoms with Crippen molar-refractivity contribution in [2.24, 2.45) is 0 Å². The molecule has 1 unspecified atom stereocenters. The van der Waals surface area contributed by atoms with Gasteiger partial charge in [-0.15, -0.1) is 0 Å². The van der Waals surface area contributed by atoms with Crippen LogP contribution in [0.4, 0.5) is 0 Å². The number of Topliss-reactive ketones (excluding diaryl/α,β-unsaturated/α-hetero) is 1. The Labute approximate surface area is 93.4 Å². The summed E-state index contributed by atoms with van der Waals surface area (Å²) in [4.78, 5) is 14.6. The normalized spacial score (nSPS) is 18.5. The number of carbonyl (C=O) groups excluding carboxylic acids is 1. The van der Waals surface area contributed by atoms with Crippen LogP contribution in [0.2, 0.25) is 0 Å². The molecular weight excluding hydrogens is 202 g/mol. The van der Waals surface area contributed by atoms with Crippen LogP contribution >= 0.6 is 0 Å². The molecule has 1 aromatic heterocycles. The molecule has 1 atom stereocenters. The van der Waals surface area contributed by atoms with Crippen molar-refractivity contribution in [3.8, 4) is 5.75 Å². The second kappa shape index (κ2) is 3.11. The second-order valence-corrected chi connectivity index (χ2v) is 4.40. The number of hydrogen-bond acceptors (Lipinski definition) is 2. The zero-order valence-electron chi connectivity index (χ0n) is 9.33. The molecule has 1 aromatic carbocycles. The number of rotatable bonds is 1. The van der Waals surface area contributed by atoms with Crippen LogP contribution in [0, 0.1) is 0 Å². The number of benzene rings is 1. The molecule has 0 aliphatic carbocycles. The molecule has 0 saturated carbocycles. The van der Waals surface area contributed by atoms with Gasteiger partial charge in [0, 0.05) is 29.1 Å². The van der Waals surface area contributed by atoms with Crippen molar-refractivity contribution < 1.29 is 9.53 Å². The van der Waals surface area contributed by atoms with Crippen LogP contribution in [-0.4, -0.2) is 16.9 Å². The number of aromatic amines is 1. The van der Waals surface area contributed by atoms with Gasteiger partial charge in [0.25, 0.3) is 0 Å². The van der Waals surface area contributed by atoms with E-state index >= 15 is 0 Å². The third-order valence-electron chi connectivity index (χ3n) is 3.08. The first-order chi connectivity index (χ1) is 7.65. The van der Waals surface area contributed by atoms with Crippen LogP contribution in [0.25, 0.3) is 10.9 Å². The number of ether oxygens (including phenoxy) is 1. The van der Waals surface area contributed by atoms with Gasteiger partial charge in [0.2, 0.25) is 0 Å². The molecule has 2 heterocycles. The Morgan fingerprint density at radius 3 is 3.06 bits per heavy atom. The molecule has 1 N–H and O–H groups in total. The van der Waals surface area contributed by atoms with Crippen molar-refractivity contribution in [2.45, 2.75) is 26.4 Å². The molecule has 0 radical (unpaired) electrons. The fraction of sp³-hybridized carbons (Fsp3) is 0.308. The molecule has 1 aliphatic heterocycles. The van der Waals surface area contributed by atoms with Crippen molar-refractivity contribution in [3.63, 3.8) is 0 Å². The van der Waals surface area contributed by atoms with Crippen molar-refractivity contribution in [2.75, 3.05) is 0 Å². The first-order valence-electron chi connectivity index (χ1n) is 5.47. The quantitative estimate of drug-likeness (QED) is 0.743. The molecule has 82 valence electrons. The lowest BCUT2D eigenvalue weighted by molar-refractivity contribution is 0.101. The first-order valence-corrected chi connectivity index (χ1v) is 5.47. The average molecular weight is 215 g/mol. The van der Waals surface area contributed by atoms with Crippen LogP contribution in [-0.2, 0) is 6.42 Å². The summed E-state index contributed by atoms with van der Waals surface area (Å²) in [5.74, 6) is 0.999. The minimum atomic E-state index is 0.0808. The number of carbonyl (C=O) groups is 1. The van der Waals surface area contributed by atoms with E-state index in [1.807, 2.05) is 6.07 Å². The Balaban J connectivity index is 2.24. The summed E-state index contributed by atoms with van der Waals surface area (Å²) >= 11 is 0. The van der Waals surface area contributed by atoms with E-state index in [1.54, 1.807) is 13.1 Å². The van der Waals surface area contributed by atoms with E-state index in [4.69, 9.17) is 4.74 Å². The minimum absolute atomic E-state index is 0.0808. The predicted molar refractivity (Wildman–Crippen MR) is 62.1 cm³/mol. The first kappa shape index (κ1) is 9.46.